The Balaban J connectivity index is 1.78. The fourth-order valence-corrected chi connectivity index (χ4v) is 3.80. The van der Waals surface area contributed by atoms with Crippen molar-refractivity contribution in [3.05, 3.63) is 29.0 Å². The van der Waals surface area contributed by atoms with Crippen LogP contribution in [0, 0.1) is 5.92 Å². The Hall–Kier alpha value is -1.66. The summed E-state index contributed by atoms with van der Waals surface area (Å²) in [6.07, 6.45) is 2.91. The number of hydrogen-bond acceptors (Lipinski definition) is 4. The van der Waals surface area contributed by atoms with Gasteiger partial charge < -0.3 is 10.2 Å². The van der Waals surface area contributed by atoms with E-state index >= 15 is 0 Å². The minimum atomic E-state index is -0.0531. The van der Waals surface area contributed by atoms with Gasteiger partial charge in [0.25, 0.3) is 5.91 Å². The Morgan fingerprint density at radius 3 is 2.44 bits per heavy atom. The molecular weight excluding hydrogens is 364 g/mol. The highest BCUT2D eigenvalue weighted by molar-refractivity contribution is 6.29. The van der Waals surface area contributed by atoms with Gasteiger partial charge in [-0.1, -0.05) is 11.6 Å². The fraction of sp³-hybridized carbons (Fsp3) is 0.650. The molecule has 0 aliphatic carbocycles. The number of aromatic nitrogens is 1. The molecule has 2 rings (SSSR count). The molecule has 0 radical (unpaired) electrons. The molecule has 1 aromatic heterocycles. The van der Waals surface area contributed by atoms with Crippen LogP contribution >= 0.6 is 11.6 Å². The van der Waals surface area contributed by atoms with E-state index in [1.807, 2.05) is 0 Å². The second-order valence-corrected chi connectivity index (χ2v) is 8.04. The van der Waals surface area contributed by atoms with E-state index in [1.54, 1.807) is 17.0 Å². The van der Waals surface area contributed by atoms with Crippen molar-refractivity contribution in [1.29, 1.82) is 0 Å². The number of nitrogens with one attached hydrogen (secondary N) is 1. The van der Waals surface area contributed by atoms with E-state index in [0.717, 1.165) is 6.54 Å². The van der Waals surface area contributed by atoms with Gasteiger partial charge in [0, 0.05) is 55.9 Å². The molecule has 1 saturated heterocycles. The number of rotatable bonds is 7. The molecule has 1 aliphatic heterocycles. The van der Waals surface area contributed by atoms with Crippen molar-refractivity contribution in [2.45, 2.75) is 52.6 Å². The summed E-state index contributed by atoms with van der Waals surface area (Å²) in [7, 11) is 0. The molecule has 0 saturated carbocycles. The zero-order valence-corrected chi connectivity index (χ0v) is 17.5. The van der Waals surface area contributed by atoms with Crippen molar-refractivity contribution in [3.8, 4) is 0 Å². The minimum absolute atomic E-state index is 0.0263. The molecule has 6 nitrogen and oxygen atoms in total. The van der Waals surface area contributed by atoms with Crippen LogP contribution in [-0.2, 0) is 4.79 Å². The van der Waals surface area contributed by atoms with Gasteiger partial charge in [0.05, 0.1) is 0 Å². The van der Waals surface area contributed by atoms with Crippen LogP contribution in [0.2, 0.25) is 5.15 Å². The largest absolute Gasteiger partial charge is 0.355 e. The van der Waals surface area contributed by atoms with Crippen molar-refractivity contribution in [2.24, 2.45) is 5.92 Å². The summed E-state index contributed by atoms with van der Waals surface area (Å²) in [4.78, 5) is 33.0. The van der Waals surface area contributed by atoms with E-state index in [4.69, 9.17) is 11.6 Å². The first kappa shape index (κ1) is 21.6. The number of pyridine rings is 1. The Kier molecular flexibility index (Phi) is 8.05. The van der Waals surface area contributed by atoms with Crippen molar-refractivity contribution in [3.63, 3.8) is 0 Å². The number of amides is 2. The van der Waals surface area contributed by atoms with E-state index in [9.17, 15) is 9.59 Å². The Morgan fingerprint density at radius 1 is 1.26 bits per heavy atom. The van der Waals surface area contributed by atoms with Gasteiger partial charge in [-0.3, -0.25) is 14.5 Å². The van der Waals surface area contributed by atoms with Gasteiger partial charge in [-0.15, -0.1) is 0 Å². The van der Waals surface area contributed by atoms with Crippen LogP contribution in [0.4, 0.5) is 0 Å². The molecule has 2 heterocycles. The molecule has 2 amide bonds. The third-order valence-corrected chi connectivity index (χ3v) is 5.33. The van der Waals surface area contributed by atoms with Gasteiger partial charge >= 0.3 is 0 Å². The molecule has 1 fully saturated rings. The molecule has 0 aromatic carbocycles. The maximum atomic E-state index is 12.5. The summed E-state index contributed by atoms with van der Waals surface area (Å²) >= 11 is 5.86. The standard InChI is InChI=1S/C20H31ClN4O2/c1-14(2)25(15(3)4)12-9-23-19(26)16-6-10-24(11-7-16)20(27)17-5-8-22-18(21)13-17/h5,8,13-16H,6-7,9-12H2,1-4H3,(H,23,26). The van der Waals surface area contributed by atoms with Crippen molar-refractivity contribution in [1.82, 2.24) is 20.1 Å². The van der Waals surface area contributed by atoms with Gasteiger partial charge in [0.1, 0.15) is 5.15 Å². The second-order valence-electron chi connectivity index (χ2n) is 7.65. The summed E-state index contributed by atoms with van der Waals surface area (Å²) in [5.41, 5.74) is 0.542. The molecule has 27 heavy (non-hydrogen) atoms. The molecule has 1 N–H and O–H groups in total. The lowest BCUT2D eigenvalue weighted by atomic mass is 9.95. The molecule has 1 aromatic rings. The van der Waals surface area contributed by atoms with Crippen LogP contribution in [0.15, 0.2) is 18.3 Å². The zero-order valence-electron chi connectivity index (χ0n) is 16.7. The van der Waals surface area contributed by atoms with Crippen molar-refractivity contribution >= 4 is 23.4 Å². The lowest BCUT2D eigenvalue weighted by Gasteiger charge is -2.32. The van der Waals surface area contributed by atoms with Gasteiger partial charge in [0.15, 0.2) is 0 Å². The average molecular weight is 395 g/mol. The molecule has 7 heteroatoms. The summed E-state index contributed by atoms with van der Waals surface area (Å²) < 4.78 is 0. The number of halogens is 1. The average Bonchev–Trinajstić information content (AvgIpc) is 2.64. The van der Waals surface area contributed by atoms with Crippen LogP contribution in [-0.4, -0.2) is 64.9 Å². The minimum Gasteiger partial charge on any atom is -0.355 e. The monoisotopic (exact) mass is 394 g/mol. The predicted octanol–water partition coefficient (Wildman–Crippen LogP) is 2.82. The van der Waals surface area contributed by atoms with Gasteiger partial charge in [-0.05, 0) is 52.7 Å². The van der Waals surface area contributed by atoms with Crippen LogP contribution in [0.25, 0.3) is 0 Å². The number of nitrogens with zero attached hydrogens (tertiary/aromatic N) is 3. The first-order chi connectivity index (χ1) is 12.8. The molecule has 0 atom stereocenters. The maximum absolute atomic E-state index is 12.5. The molecule has 1 aliphatic rings. The Morgan fingerprint density at radius 2 is 1.89 bits per heavy atom. The highest BCUT2D eigenvalue weighted by Crippen LogP contribution is 2.20. The smallest absolute Gasteiger partial charge is 0.254 e. The number of piperidine rings is 1. The Bertz CT molecular complexity index is 635. The third-order valence-electron chi connectivity index (χ3n) is 5.12. The predicted molar refractivity (Wildman–Crippen MR) is 108 cm³/mol. The van der Waals surface area contributed by atoms with Crippen LogP contribution in [0.3, 0.4) is 0 Å². The zero-order chi connectivity index (χ0) is 20.0. The summed E-state index contributed by atoms with van der Waals surface area (Å²) in [5.74, 6) is 0.0193. The van der Waals surface area contributed by atoms with Crippen LogP contribution in [0.1, 0.15) is 50.9 Å². The maximum Gasteiger partial charge on any atom is 0.254 e. The third kappa shape index (κ3) is 6.18. The first-order valence-electron chi connectivity index (χ1n) is 9.74. The van der Waals surface area contributed by atoms with E-state index in [0.29, 0.717) is 55.3 Å². The summed E-state index contributed by atoms with van der Waals surface area (Å²) in [6, 6.07) is 4.16. The highest BCUT2D eigenvalue weighted by atomic mass is 35.5. The summed E-state index contributed by atoms with van der Waals surface area (Å²) in [5, 5.41) is 3.38. The summed E-state index contributed by atoms with van der Waals surface area (Å²) in [6.45, 7) is 11.4. The topological polar surface area (TPSA) is 65.5 Å². The van der Waals surface area contributed by atoms with Crippen LogP contribution in [0.5, 0.6) is 0 Å². The van der Waals surface area contributed by atoms with Crippen LogP contribution < -0.4 is 5.32 Å². The van der Waals surface area contributed by atoms with Crippen molar-refractivity contribution in [2.75, 3.05) is 26.2 Å². The number of carbonyl (C=O) groups excluding carboxylic acids is 2. The van der Waals surface area contributed by atoms with Crippen molar-refractivity contribution < 1.29 is 9.59 Å². The lowest BCUT2D eigenvalue weighted by molar-refractivity contribution is -0.126. The van der Waals surface area contributed by atoms with E-state index < -0.39 is 0 Å². The second kappa shape index (κ2) is 10.0. The number of hydrogen-bond donors (Lipinski definition) is 1. The van der Waals surface area contributed by atoms with E-state index in [1.165, 1.54) is 6.20 Å². The molecule has 0 spiro atoms. The van der Waals surface area contributed by atoms with Gasteiger partial charge in [0.2, 0.25) is 5.91 Å². The van der Waals surface area contributed by atoms with E-state index in [-0.39, 0.29) is 17.7 Å². The van der Waals surface area contributed by atoms with E-state index in [2.05, 4.69) is 42.9 Å². The molecule has 0 bridgehead atoms. The lowest BCUT2D eigenvalue weighted by Crippen LogP contribution is -2.46. The van der Waals surface area contributed by atoms with Gasteiger partial charge in [-0.25, -0.2) is 4.98 Å². The fourth-order valence-electron chi connectivity index (χ4n) is 3.63. The van der Waals surface area contributed by atoms with Gasteiger partial charge in [-0.2, -0.15) is 0 Å². The highest BCUT2D eigenvalue weighted by Gasteiger charge is 2.28. The first-order valence-corrected chi connectivity index (χ1v) is 10.1. The Labute approximate surface area is 167 Å². The SMILES string of the molecule is CC(C)N(CCNC(=O)C1CCN(C(=O)c2ccnc(Cl)c2)CC1)C(C)C. The number of carbonyl (C=O) groups is 2. The number of likely N-dealkylation sites (tertiary alicyclic amines) is 1. The molecule has 0 unspecified atom stereocenters. The normalized spacial score (nSPS) is 15.6. The molecule has 150 valence electrons. The quantitative estimate of drug-likeness (QED) is 0.722. The molecular formula is C20H31ClN4O2.